The quantitative estimate of drug-likeness (QED) is 0.158. The minimum Gasteiger partial charge on any atom is -0.309 e. The van der Waals surface area contributed by atoms with Crippen LogP contribution in [-0.4, -0.2) is 14.5 Å². The third kappa shape index (κ3) is 5.98. The van der Waals surface area contributed by atoms with E-state index in [1.54, 1.807) is 0 Å². The first-order chi connectivity index (χ1) is 30.2. The van der Waals surface area contributed by atoms with Gasteiger partial charge in [-0.25, -0.2) is 9.97 Å². The van der Waals surface area contributed by atoms with Crippen molar-refractivity contribution in [1.29, 1.82) is 0 Å². The highest BCUT2D eigenvalue weighted by Crippen LogP contribution is 2.40. The second-order valence-electron chi connectivity index (χ2n) is 15.8. The zero-order valence-corrected chi connectivity index (χ0v) is 33.2. The van der Waals surface area contributed by atoms with Crippen molar-refractivity contribution in [2.75, 3.05) is 0 Å². The summed E-state index contributed by atoms with van der Waals surface area (Å²) in [6.45, 7) is 0. The zero-order chi connectivity index (χ0) is 40.3. The van der Waals surface area contributed by atoms with Gasteiger partial charge in [-0.1, -0.05) is 176 Å². The number of aromatic nitrogens is 3. The number of benzene rings is 10. The molecule has 2 heterocycles. The maximum absolute atomic E-state index is 5.37. The lowest BCUT2D eigenvalue weighted by molar-refractivity contribution is 1.16. The smallest absolute Gasteiger partial charge is 0.160 e. The fourth-order valence-corrected chi connectivity index (χ4v) is 9.29. The number of para-hydroxylation sites is 2. The van der Waals surface area contributed by atoms with Gasteiger partial charge in [-0.2, -0.15) is 0 Å². The van der Waals surface area contributed by atoms with Gasteiger partial charge in [-0.15, -0.1) is 0 Å². The zero-order valence-electron chi connectivity index (χ0n) is 33.2. The van der Waals surface area contributed by atoms with E-state index in [9.17, 15) is 0 Å². The van der Waals surface area contributed by atoms with Crippen molar-refractivity contribution in [2.45, 2.75) is 0 Å². The average molecular weight is 776 g/mol. The number of nitrogens with zero attached hydrogens (tertiary/aromatic N) is 3. The Morgan fingerprint density at radius 3 is 1.33 bits per heavy atom. The van der Waals surface area contributed by atoms with Crippen LogP contribution in [0.5, 0.6) is 0 Å². The number of rotatable bonds is 6. The molecule has 0 amide bonds. The van der Waals surface area contributed by atoms with E-state index in [2.05, 4.69) is 223 Å². The maximum atomic E-state index is 5.37. The van der Waals surface area contributed by atoms with Gasteiger partial charge < -0.3 is 4.57 Å². The van der Waals surface area contributed by atoms with Crippen LogP contribution in [0.4, 0.5) is 0 Å². The fraction of sp³-hybridized carbons (Fsp3) is 0. The van der Waals surface area contributed by atoms with Crippen molar-refractivity contribution >= 4 is 54.1 Å². The van der Waals surface area contributed by atoms with E-state index >= 15 is 0 Å². The first kappa shape index (κ1) is 34.9. The van der Waals surface area contributed by atoms with E-state index in [1.807, 2.05) is 6.07 Å². The topological polar surface area (TPSA) is 30.7 Å². The molecule has 12 rings (SSSR count). The van der Waals surface area contributed by atoms with Crippen LogP contribution in [0.25, 0.3) is 116 Å². The van der Waals surface area contributed by atoms with Crippen molar-refractivity contribution in [3.63, 3.8) is 0 Å². The summed E-state index contributed by atoms with van der Waals surface area (Å²) in [5.41, 5.74) is 12.7. The Morgan fingerprint density at radius 1 is 0.246 bits per heavy atom. The van der Waals surface area contributed by atoms with Crippen LogP contribution in [0.15, 0.2) is 224 Å². The lowest BCUT2D eigenvalue weighted by Crippen LogP contribution is -1.99. The lowest BCUT2D eigenvalue weighted by Gasteiger charge is -2.16. The van der Waals surface area contributed by atoms with E-state index in [0.29, 0.717) is 5.82 Å². The molecule has 2 aromatic heterocycles. The summed E-state index contributed by atoms with van der Waals surface area (Å²) in [5.74, 6) is 0.686. The second kappa shape index (κ2) is 14.3. The molecule has 0 atom stereocenters. The summed E-state index contributed by atoms with van der Waals surface area (Å²) in [6.07, 6.45) is 0. The predicted octanol–water partition coefficient (Wildman–Crippen LogP) is 15.4. The van der Waals surface area contributed by atoms with Gasteiger partial charge in [0.25, 0.3) is 0 Å². The summed E-state index contributed by atoms with van der Waals surface area (Å²) < 4.78 is 2.41. The monoisotopic (exact) mass is 775 g/mol. The van der Waals surface area contributed by atoms with Crippen LogP contribution in [-0.2, 0) is 0 Å². The van der Waals surface area contributed by atoms with E-state index < -0.39 is 0 Å². The molecule has 0 saturated carbocycles. The summed E-state index contributed by atoms with van der Waals surface area (Å²) >= 11 is 0. The maximum Gasteiger partial charge on any atom is 0.160 e. The van der Waals surface area contributed by atoms with Crippen LogP contribution < -0.4 is 0 Å². The Morgan fingerprint density at radius 2 is 0.689 bits per heavy atom. The van der Waals surface area contributed by atoms with Crippen LogP contribution >= 0.6 is 0 Å². The molecule has 0 N–H and O–H groups in total. The van der Waals surface area contributed by atoms with Crippen LogP contribution in [0, 0.1) is 0 Å². The van der Waals surface area contributed by atoms with Crippen molar-refractivity contribution in [2.24, 2.45) is 0 Å². The van der Waals surface area contributed by atoms with Crippen molar-refractivity contribution in [1.82, 2.24) is 14.5 Å². The number of hydrogen-bond acceptors (Lipinski definition) is 2. The van der Waals surface area contributed by atoms with Gasteiger partial charge in [0.05, 0.1) is 22.4 Å². The summed E-state index contributed by atoms with van der Waals surface area (Å²) in [7, 11) is 0. The Labute approximate surface area is 353 Å². The van der Waals surface area contributed by atoms with Crippen LogP contribution in [0.1, 0.15) is 0 Å². The molecule has 0 radical (unpaired) electrons. The summed E-state index contributed by atoms with van der Waals surface area (Å²) in [4.78, 5) is 10.6. The third-order valence-electron chi connectivity index (χ3n) is 12.2. The fourth-order valence-electron chi connectivity index (χ4n) is 9.29. The van der Waals surface area contributed by atoms with Gasteiger partial charge in [-0.05, 0) is 103 Å². The van der Waals surface area contributed by atoms with E-state index in [4.69, 9.17) is 9.97 Å². The highest BCUT2D eigenvalue weighted by atomic mass is 15.0. The molecule has 10 aromatic carbocycles. The molecular weight excluding hydrogens is 739 g/mol. The van der Waals surface area contributed by atoms with Crippen LogP contribution in [0.2, 0.25) is 0 Å². The SMILES string of the molecule is c1ccc(-c2cccc(-c3cc(-c4cc(-c5ccc6c7ccccc7c7ccccc7c6c5)cc(-n5c6ccccc6c6ccccc65)c4)nc(-c4ccccc4)n3)c2)cc1. The van der Waals surface area contributed by atoms with E-state index in [1.165, 1.54) is 48.7 Å². The van der Waals surface area contributed by atoms with Gasteiger partial charge in [0, 0.05) is 33.2 Å². The molecule has 0 saturated heterocycles. The molecule has 3 nitrogen and oxygen atoms in total. The molecular formula is C58H37N3. The van der Waals surface area contributed by atoms with Crippen molar-refractivity contribution in [3.05, 3.63) is 224 Å². The molecule has 0 unspecified atom stereocenters. The number of hydrogen-bond donors (Lipinski definition) is 0. The number of fused-ring (bicyclic) bond motifs is 9. The first-order valence-electron chi connectivity index (χ1n) is 20.8. The Bertz CT molecular complexity index is 3550. The Hall–Kier alpha value is -8.14. The predicted molar refractivity (Wildman–Crippen MR) is 256 cm³/mol. The molecule has 0 spiro atoms. The highest BCUT2D eigenvalue weighted by Gasteiger charge is 2.18. The molecule has 284 valence electrons. The molecule has 0 aliphatic carbocycles. The summed E-state index contributed by atoms with van der Waals surface area (Å²) in [5, 5.41) is 10.00. The minimum absolute atomic E-state index is 0.686. The Kier molecular flexibility index (Phi) is 8.17. The van der Waals surface area contributed by atoms with Gasteiger partial charge in [0.2, 0.25) is 0 Å². The molecule has 12 aromatic rings. The molecule has 0 aliphatic rings. The van der Waals surface area contributed by atoms with Crippen LogP contribution in [0.3, 0.4) is 0 Å². The Balaban J connectivity index is 1.13. The standard InChI is InChI=1S/C58H37N3/c1-3-16-38(17-4-1)40-20-15-21-42(32-40)54-37-55(60-58(59-54)39-18-5-2-6-19-39)44-33-43(34-45(35-44)61-56-28-13-11-26-51(56)52-27-12-14-29-57(52)61)41-30-31-50-48-24-8-7-22-46(48)47-23-9-10-25-49(47)53(50)36-41/h1-37H. The second-order valence-corrected chi connectivity index (χ2v) is 15.8. The van der Waals surface area contributed by atoms with Crippen molar-refractivity contribution < 1.29 is 0 Å². The molecule has 0 bridgehead atoms. The highest BCUT2D eigenvalue weighted by molar-refractivity contribution is 6.25. The molecule has 0 fully saturated rings. The van der Waals surface area contributed by atoms with Gasteiger partial charge in [0.1, 0.15) is 0 Å². The molecule has 0 aliphatic heterocycles. The average Bonchev–Trinajstić information content (AvgIpc) is 3.69. The van der Waals surface area contributed by atoms with Gasteiger partial charge in [-0.3, -0.25) is 0 Å². The van der Waals surface area contributed by atoms with E-state index in [0.717, 1.165) is 61.5 Å². The van der Waals surface area contributed by atoms with Gasteiger partial charge >= 0.3 is 0 Å². The normalized spacial score (nSPS) is 11.6. The van der Waals surface area contributed by atoms with Crippen molar-refractivity contribution in [3.8, 4) is 61.8 Å². The first-order valence-corrected chi connectivity index (χ1v) is 20.8. The molecule has 61 heavy (non-hydrogen) atoms. The molecule has 3 heteroatoms. The lowest BCUT2D eigenvalue weighted by atomic mass is 9.91. The minimum atomic E-state index is 0.686. The third-order valence-corrected chi connectivity index (χ3v) is 12.2. The summed E-state index contributed by atoms with van der Waals surface area (Å²) in [6, 6.07) is 80.6. The van der Waals surface area contributed by atoms with Gasteiger partial charge in [0.15, 0.2) is 5.82 Å². The van der Waals surface area contributed by atoms with E-state index in [-0.39, 0.29) is 0 Å². The largest absolute Gasteiger partial charge is 0.309 e.